The van der Waals surface area contributed by atoms with Gasteiger partial charge in [0.05, 0.1) is 12.2 Å². The third-order valence-electron chi connectivity index (χ3n) is 10.3. The van der Waals surface area contributed by atoms with Gasteiger partial charge in [0.15, 0.2) is 0 Å². The van der Waals surface area contributed by atoms with E-state index in [0.29, 0.717) is 17.8 Å². The van der Waals surface area contributed by atoms with Crippen LogP contribution in [-0.2, 0) is 4.74 Å². The van der Waals surface area contributed by atoms with Crippen molar-refractivity contribution >= 4 is 0 Å². The maximum absolute atomic E-state index is 12.8. The van der Waals surface area contributed by atoms with Gasteiger partial charge in [0.25, 0.3) is 0 Å². The molecular formula is C23H35F3O. The molecule has 0 bridgehead atoms. The smallest absolute Gasteiger partial charge is 0.370 e. The van der Waals surface area contributed by atoms with Crippen molar-refractivity contribution in [1.82, 2.24) is 0 Å². The van der Waals surface area contributed by atoms with E-state index in [9.17, 15) is 13.2 Å². The van der Waals surface area contributed by atoms with Crippen LogP contribution in [0.3, 0.4) is 0 Å². The molecule has 27 heavy (non-hydrogen) atoms. The molecule has 5 aliphatic rings. The van der Waals surface area contributed by atoms with E-state index in [-0.39, 0.29) is 16.9 Å². The van der Waals surface area contributed by atoms with Crippen molar-refractivity contribution in [3.05, 3.63) is 0 Å². The SMILES string of the molecule is CC12CCC3C(CCC4CC5(CCC43C)CO5)C1CCC2CCC(F)(F)F. The Bertz CT molecular complexity index is 597. The van der Waals surface area contributed by atoms with Gasteiger partial charge in [0, 0.05) is 6.42 Å². The van der Waals surface area contributed by atoms with Crippen molar-refractivity contribution in [2.75, 3.05) is 6.61 Å². The van der Waals surface area contributed by atoms with E-state index in [1.54, 1.807) is 0 Å². The van der Waals surface area contributed by atoms with E-state index in [1.165, 1.54) is 44.9 Å². The van der Waals surface area contributed by atoms with Gasteiger partial charge in [0.1, 0.15) is 0 Å². The van der Waals surface area contributed by atoms with Crippen LogP contribution in [0.2, 0.25) is 0 Å². The lowest BCUT2D eigenvalue weighted by Crippen LogP contribution is -2.54. The molecule has 1 heterocycles. The maximum Gasteiger partial charge on any atom is 0.389 e. The highest BCUT2D eigenvalue weighted by Gasteiger charge is 2.63. The highest BCUT2D eigenvalue weighted by Crippen LogP contribution is 2.69. The first kappa shape index (κ1) is 18.8. The van der Waals surface area contributed by atoms with E-state index in [2.05, 4.69) is 13.8 Å². The van der Waals surface area contributed by atoms with Crippen LogP contribution in [0.15, 0.2) is 0 Å². The number of halogens is 3. The van der Waals surface area contributed by atoms with Gasteiger partial charge in [-0.15, -0.1) is 0 Å². The monoisotopic (exact) mass is 384 g/mol. The normalized spacial score (nSPS) is 54.3. The van der Waals surface area contributed by atoms with E-state index < -0.39 is 12.6 Å². The van der Waals surface area contributed by atoms with Crippen LogP contribution < -0.4 is 0 Å². The molecule has 0 amide bonds. The summed E-state index contributed by atoms with van der Waals surface area (Å²) in [5.41, 5.74) is 0.854. The zero-order valence-electron chi connectivity index (χ0n) is 16.9. The van der Waals surface area contributed by atoms with Gasteiger partial charge in [-0.3, -0.25) is 0 Å². The van der Waals surface area contributed by atoms with Crippen molar-refractivity contribution in [2.24, 2.45) is 40.4 Å². The highest BCUT2D eigenvalue weighted by molar-refractivity contribution is 5.12. The summed E-state index contributed by atoms with van der Waals surface area (Å²) in [6.07, 6.45) is 6.82. The van der Waals surface area contributed by atoms with Crippen molar-refractivity contribution in [3.8, 4) is 0 Å². The van der Waals surface area contributed by atoms with E-state index in [1.807, 2.05) is 0 Å². The molecule has 0 radical (unpaired) electrons. The third-order valence-corrected chi connectivity index (χ3v) is 10.3. The molecule has 1 spiro atoms. The molecule has 4 saturated carbocycles. The average Bonchev–Trinajstić information content (AvgIpc) is 3.26. The number of epoxide rings is 1. The average molecular weight is 385 g/mol. The third kappa shape index (κ3) is 2.90. The van der Waals surface area contributed by atoms with Crippen LogP contribution in [0, 0.1) is 40.4 Å². The fourth-order valence-corrected chi connectivity index (χ4v) is 8.59. The Morgan fingerprint density at radius 3 is 2.33 bits per heavy atom. The Morgan fingerprint density at radius 2 is 1.63 bits per heavy atom. The van der Waals surface area contributed by atoms with Gasteiger partial charge in [-0.1, -0.05) is 13.8 Å². The van der Waals surface area contributed by atoms with Gasteiger partial charge in [-0.25, -0.2) is 0 Å². The number of hydrogen-bond acceptors (Lipinski definition) is 1. The quantitative estimate of drug-likeness (QED) is 0.479. The second kappa shape index (κ2) is 5.89. The van der Waals surface area contributed by atoms with E-state index >= 15 is 0 Å². The molecule has 0 aromatic carbocycles. The van der Waals surface area contributed by atoms with E-state index in [4.69, 9.17) is 4.74 Å². The fourth-order valence-electron chi connectivity index (χ4n) is 8.59. The van der Waals surface area contributed by atoms with Gasteiger partial charge in [-0.2, -0.15) is 13.2 Å². The molecule has 154 valence electrons. The first-order valence-corrected chi connectivity index (χ1v) is 11.4. The van der Waals surface area contributed by atoms with Crippen LogP contribution in [0.25, 0.3) is 0 Å². The van der Waals surface area contributed by atoms with Crippen LogP contribution in [0.1, 0.15) is 84.5 Å². The predicted molar refractivity (Wildman–Crippen MR) is 99.2 cm³/mol. The van der Waals surface area contributed by atoms with E-state index in [0.717, 1.165) is 37.2 Å². The van der Waals surface area contributed by atoms with Crippen LogP contribution in [-0.4, -0.2) is 18.4 Å². The van der Waals surface area contributed by atoms with Gasteiger partial charge in [-0.05, 0) is 105 Å². The molecule has 4 heteroatoms. The van der Waals surface area contributed by atoms with Crippen molar-refractivity contribution in [2.45, 2.75) is 96.3 Å². The minimum absolute atomic E-state index is 0.158. The summed E-state index contributed by atoms with van der Waals surface area (Å²) in [7, 11) is 0. The second-order valence-corrected chi connectivity index (χ2v) is 11.3. The number of rotatable bonds is 2. The number of alkyl halides is 3. The van der Waals surface area contributed by atoms with Gasteiger partial charge < -0.3 is 4.74 Å². The Balaban J connectivity index is 1.33. The molecule has 1 nitrogen and oxygen atoms in total. The lowest BCUT2D eigenvalue weighted by molar-refractivity contribution is -0.144. The summed E-state index contributed by atoms with van der Waals surface area (Å²) in [5, 5.41) is 0. The highest BCUT2D eigenvalue weighted by atomic mass is 19.4. The molecule has 0 N–H and O–H groups in total. The van der Waals surface area contributed by atoms with Gasteiger partial charge in [0.2, 0.25) is 0 Å². The Labute approximate surface area is 161 Å². The van der Waals surface area contributed by atoms with Crippen molar-refractivity contribution in [3.63, 3.8) is 0 Å². The molecular weight excluding hydrogens is 349 g/mol. The van der Waals surface area contributed by atoms with Crippen molar-refractivity contribution in [1.29, 1.82) is 0 Å². The molecule has 5 rings (SSSR count). The van der Waals surface area contributed by atoms with Crippen molar-refractivity contribution < 1.29 is 17.9 Å². The molecule has 4 aliphatic carbocycles. The van der Waals surface area contributed by atoms with Crippen LogP contribution in [0.4, 0.5) is 13.2 Å². The Morgan fingerprint density at radius 1 is 0.889 bits per heavy atom. The Hall–Kier alpha value is -0.250. The standard InChI is InChI=1S/C23H35F3O/c1-20-9-8-19-17(18(20)6-4-15(20)7-10-23(24,25)26)5-3-16-13-22(14-27-22)12-11-21(16,19)2/h15-19H,3-14H2,1-2H3. The zero-order valence-corrected chi connectivity index (χ0v) is 16.9. The molecule has 8 atom stereocenters. The number of fused-ring (bicyclic) bond motifs is 5. The summed E-state index contributed by atoms with van der Waals surface area (Å²) in [4.78, 5) is 0. The lowest BCUT2D eigenvalue weighted by Gasteiger charge is -2.61. The molecule has 1 saturated heterocycles. The van der Waals surface area contributed by atoms with Crippen LogP contribution in [0.5, 0.6) is 0 Å². The topological polar surface area (TPSA) is 12.5 Å². The summed E-state index contributed by atoms with van der Waals surface area (Å²) in [6.45, 7) is 5.89. The number of hydrogen-bond donors (Lipinski definition) is 0. The molecule has 8 unspecified atom stereocenters. The zero-order chi connectivity index (χ0) is 19.1. The maximum atomic E-state index is 12.8. The summed E-state index contributed by atoms with van der Waals surface area (Å²) >= 11 is 0. The largest absolute Gasteiger partial charge is 0.389 e. The fraction of sp³-hybridized carbons (Fsp3) is 1.00. The first-order chi connectivity index (χ1) is 12.7. The minimum atomic E-state index is -4.00. The molecule has 1 aliphatic heterocycles. The first-order valence-electron chi connectivity index (χ1n) is 11.4. The van der Waals surface area contributed by atoms with Crippen LogP contribution >= 0.6 is 0 Å². The Kier molecular flexibility index (Phi) is 4.09. The van der Waals surface area contributed by atoms with Gasteiger partial charge >= 0.3 is 6.18 Å². The minimum Gasteiger partial charge on any atom is -0.370 e. The number of ether oxygens (including phenoxy) is 1. The second-order valence-electron chi connectivity index (χ2n) is 11.3. The predicted octanol–water partition coefficient (Wildman–Crippen LogP) is 6.76. The molecule has 0 aromatic heterocycles. The molecule has 0 aromatic rings. The summed E-state index contributed by atoms with van der Waals surface area (Å²) in [6, 6.07) is 0. The summed E-state index contributed by atoms with van der Waals surface area (Å²) in [5.74, 6) is 3.31. The molecule has 5 fully saturated rings. The summed E-state index contributed by atoms with van der Waals surface area (Å²) < 4.78 is 44.3. The lowest BCUT2D eigenvalue weighted by atomic mass is 9.44.